The predicted octanol–water partition coefficient (Wildman–Crippen LogP) is 1.51. The van der Waals surface area contributed by atoms with Crippen LogP contribution < -0.4 is 10.2 Å². The molecule has 3 rings (SSSR count). The molecule has 2 heterocycles. The summed E-state index contributed by atoms with van der Waals surface area (Å²) >= 11 is 0. The summed E-state index contributed by atoms with van der Waals surface area (Å²) in [4.78, 5) is 11.1. The van der Waals surface area contributed by atoms with Crippen molar-refractivity contribution < 1.29 is 0 Å². The van der Waals surface area contributed by atoms with Crippen molar-refractivity contribution in [2.45, 2.75) is 44.7 Å². The van der Waals surface area contributed by atoms with Gasteiger partial charge in [0.05, 0.1) is 0 Å². The quantitative estimate of drug-likeness (QED) is 0.854. The fourth-order valence-electron chi connectivity index (χ4n) is 2.56. The van der Waals surface area contributed by atoms with Crippen LogP contribution in [0.1, 0.15) is 31.4 Å². The van der Waals surface area contributed by atoms with Gasteiger partial charge in [-0.1, -0.05) is 0 Å². The monoisotopic (exact) mass is 232 g/mol. The number of aryl methyl sites for hydroxylation is 1. The van der Waals surface area contributed by atoms with Gasteiger partial charge in [-0.25, -0.2) is 9.97 Å². The number of hydrogen-bond donors (Lipinski definition) is 1. The van der Waals surface area contributed by atoms with Gasteiger partial charge >= 0.3 is 0 Å². The first-order chi connectivity index (χ1) is 8.33. The average Bonchev–Trinajstić information content (AvgIpc) is 3.03. The number of nitrogens with one attached hydrogen (secondary N) is 1. The Morgan fingerprint density at radius 1 is 1.35 bits per heavy atom. The highest BCUT2D eigenvalue weighted by Crippen LogP contribution is 2.31. The van der Waals surface area contributed by atoms with E-state index < -0.39 is 0 Å². The molecule has 0 radical (unpaired) electrons. The summed E-state index contributed by atoms with van der Waals surface area (Å²) in [5, 5.41) is 3.57. The van der Waals surface area contributed by atoms with Crippen LogP contribution in [0.3, 0.4) is 0 Å². The molecule has 0 aromatic carbocycles. The van der Waals surface area contributed by atoms with E-state index in [0.29, 0.717) is 12.1 Å². The molecule has 1 atom stereocenters. The van der Waals surface area contributed by atoms with Crippen molar-refractivity contribution in [1.29, 1.82) is 0 Å². The molecular formula is C13H20N4. The van der Waals surface area contributed by atoms with Crippen LogP contribution in [0.5, 0.6) is 0 Å². The third kappa shape index (κ3) is 2.57. The first-order valence-corrected chi connectivity index (χ1v) is 6.61. The number of anilines is 1. The molecular weight excluding hydrogens is 212 g/mol. The molecule has 1 saturated carbocycles. The Balaban J connectivity index is 1.74. The molecule has 17 heavy (non-hydrogen) atoms. The van der Waals surface area contributed by atoms with E-state index in [1.807, 2.05) is 6.92 Å². The lowest BCUT2D eigenvalue weighted by Crippen LogP contribution is -2.39. The van der Waals surface area contributed by atoms with E-state index in [0.717, 1.165) is 18.1 Å². The van der Waals surface area contributed by atoms with E-state index in [1.54, 1.807) is 6.33 Å². The van der Waals surface area contributed by atoms with Crippen molar-refractivity contribution in [3.63, 3.8) is 0 Å². The van der Waals surface area contributed by atoms with Crippen LogP contribution in [0.15, 0.2) is 12.4 Å². The van der Waals surface area contributed by atoms with Crippen molar-refractivity contribution in [3.8, 4) is 0 Å². The summed E-state index contributed by atoms with van der Waals surface area (Å²) in [6.45, 7) is 4.30. The van der Waals surface area contributed by atoms with Crippen LogP contribution >= 0.6 is 0 Å². The Bertz CT molecular complexity index is 383. The lowest BCUT2D eigenvalue weighted by atomic mass is 10.2. The second kappa shape index (κ2) is 4.61. The van der Waals surface area contributed by atoms with E-state index in [4.69, 9.17) is 0 Å². The summed E-state index contributed by atoms with van der Waals surface area (Å²) in [5.41, 5.74) is 1.06. The van der Waals surface area contributed by atoms with Gasteiger partial charge in [-0.2, -0.15) is 0 Å². The SMILES string of the molecule is Cc1cc(N(CC2CCCN2)C2CC2)ncn1. The van der Waals surface area contributed by atoms with Crippen LogP contribution in [0.2, 0.25) is 0 Å². The third-order valence-electron chi connectivity index (χ3n) is 3.65. The van der Waals surface area contributed by atoms with Gasteiger partial charge in [0.15, 0.2) is 0 Å². The van der Waals surface area contributed by atoms with E-state index in [2.05, 4.69) is 26.3 Å². The molecule has 92 valence electrons. The molecule has 0 spiro atoms. The van der Waals surface area contributed by atoms with Gasteiger partial charge < -0.3 is 10.2 Å². The molecule has 2 fully saturated rings. The number of aromatic nitrogens is 2. The van der Waals surface area contributed by atoms with E-state index in [9.17, 15) is 0 Å². The van der Waals surface area contributed by atoms with Gasteiger partial charge in [0.25, 0.3) is 0 Å². The Hall–Kier alpha value is -1.16. The Kier molecular flexibility index (Phi) is 2.97. The zero-order valence-electron chi connectivity index (χ0n) is 10.4. The summed E-state index contributed by atoms with van der Waals surface area (Å²) in [7, 11) is 0. The first kappa shape index (κ1) is 11.0. The summed E-state index contributed by atoms with van der Waals surface area (Å²) in [6, 6.07) is 3.46. The zero-order valence-corrected chi connectivity index (χ0v) is 10.4. The highest BCUT2D eigenvalue weighted by Gasteiger charge is 2.32. The first-order valence-electron chi connectivity index (χ1n) is 6.61. The van der Waals surface area contributed by atoms with Crippen molar-refractivity contribution >= 4 is 5.82 Å². The van der Waals surface area contributed by atoms with Crippen LogP contribution in [0.4, 0.5) is 5.82 Å². The molecule has 2 aliphatic rings. The van der Waals surface area contributed by atoms with Crippen LogP contribution in [0, 0.1) is 6.92 Å². The normalized spacial score (nSPS) is 23.9. The average molecular weight is 232 g/mol. The lowest BCUT2D eigenvalue weighted by Gasteiger charge is -2.26. The van der Waals surface area contributed by atoms with Crippen molar-refractivity contribution in [1.82, 2.24) is 15.3 Å². The molecule has 1 saturated heterocycles. The Morgan fingerprint density at radius 2 is 2.24 bits per heavy atom. The lowest BCUT2D eigenvalue weighted by molar-refractivity contribution is 0.575. The largest absolute Gasteiger partial charge is 0.352 e. The van der Waals surface area contributed by atoms with E-state index >= 15 is 0 Å². The summed E-state index contributed by atoms with van der Waals surface area (Å²) in [6.07, 6.45) is 6.92. The summed E-state index contributed by atoms with van der Waals surface area (Å²) < 4.78 is 0. The number of nitrogens with zero attached hydrogens (tertiary/aromatic N) is 3. The van der Waals surface area contributed by atoms with Gasteiger partial charge in [0, 0.05) is 30.4 Å². The molecule has 1 unspecified atom stereocenters. The topological polar surface area (TPSA) is 41.0 Å². The van der Waals surface area contributed by atoms with Crippen LogP contribution in [0.25, 0.3) is 0 Å². The van der Waals surface area contributed by atoms with Crippen LogP contribution in [-0.2, 0) is 0 Å². The molecule has 4 heteroatoms. The van der Waals surface area contributed by atoms with Gasteiger partial charge in [0.1, 0.15) is 12.1 Å². The molecule has 1 aromatic rings. The van der Waals surface area contributed by atoms with Crippen molar-refractivity contribution in [3.05, 3.63) is 18.1 Å². The van der Waals surface area contributed by atoms with Gasteiger partial charge in [0.2, 0.25) is 0 Å². The highest BCUT2D eigenvalue weighted by atomic mass is 15.3. The fourth-order valence-corrected chi connectivity index (χ4v) is 2.56. The maximum absolute atomic E-state index is 4.43. The number of rotatable bonds is 4. The predicted molar refractivity (Wildman–Crippen MR) is 68.2 cm³/mol. The van der Waals surface area contributed by atoms with Gasteiger partial charge in [-0.05, 0) is 39.2 Å². The van der Waals surface area contributed by atoms with E-state index in [-0.39, 0.29) is 0 Å². The minimum atomic E-state index is 0.644. The molecule has 4 nitrogen and oxygen atoms in total. The molecule has 0 bridgehead atoms. The second-order valence-electron chi connectivity index (χ2n) is 5.19. The second-order valence-corrected chi connectivity index (χ2v) is 5.19. The molecule has 1 aliphatic carbocycles. The fraction of sp³-hybridized carbons (Fsp3) is 0.692. The zero-order chi connectivity index (χ0) is 11.7. The smallest absolute Gasteiger partial charge is 0.132 e. The van der Waals surface area contributed by atoms with E-state index in [1.165, 1.54) is 32.2 Å². The maximum atomic E-state index is 4.43. The molecule has 1 aliphatic heterocycles. The minimum absolute atomic E-state index is 0.644. The van der Waals surface area contributed by atoms with Gasteiger partial charge in [-0.15, -0.1) is 0 Å². The standard InChI is InChI=1S/C13H20N4/c1-10-7-13(16-9-15-10)17(12-4-5-12)8-11-3-2-6-14-11/h7,9,11-12,14H,2-6,8H2,1H3. The highest BCUT2D eigenvalue weighted by molar-refractivity contribution is 5.42. The molecule has 0 amide bonds. The third-order valence-corrected chi connectivity index (χ3v) is 3.65. The minimum Gasteiger partial charge on any atom is -0.352 e. The van der Waals surface area contributed by atoms with Crippen LogP contribution in [-0.4, -0.2) is 35.1 Å². The van der Waals surface area contributed by atoms with Gasteiger partial charge in [-0.3, -0.25) is 0 Å². The molecule has 1 N–H and O–H groups in total. The Labute approximate surface area is 102 Å². The Morgan fingerprint density at radius 3 is 2.88 bits per heavy atom. The number of hydrogen-bond acceptors (Lipinski definition) is 4. The molecule has 1 aromatic heterocycles. The van der Waals surface area contributed by atoms with Crippen molar-refractivity contribution in [2.75, 3.05) is 18.0 Å². The summed E-state index contributed by atoms with van der Waals surface area (Å²) in [5.74, 6) is 1.11. The maximum Gasteiger partial charge on any atom is 0.132 e. The van der Waals surface area contributed by atoms with Crippen molar-refractivity contribution in [2.24, 2.45) is 0 Å².